The average Bonchev–Trinajstić information content (AvgIpc) is 3.25. The topological polar surface area (TPSA) is 129 Å². The Hall–Kier alpha value is -4.67. The van der Waals surface area contributed by atoms with Crippen molar-refractivity contribution in [1.29, 1.82) is 0 Å². The first-order valence-corrected chi connectivity index (χ1v) is 11.4. The van der Waals surface area contributed by atoms with Gasteiger partial charge < -0.3 is 20.1 Å². The van der Waals surface area contributed by atoms with Crippen LogP contribution in [0.1, 0.15) is 24.2 Å². The zero-order valence-electron chi connectivity index (χ0n) is 20.1. The van der Waals surface area contributed by atoms with Gasteiger partial charge >= 0.3 is 0 Å². The minimum Gasteiger partial charge on any atom is -0.492 e. The van der Waals surface area contributed by atoms with Crippen molar-refractivity contribution in [2.24, 2.45) is 7.05 Å². The van der Waals surface area contributed by atoms with Crippen LogP contribution in [0.2, 0.25) is 0 Å². The maximum Gasteiger partial charge on any atom is 0.264 e. The minimum atomic E-state index is -0.466. The molecule has 11 nitrogen and oxygen atoms in total. The van der Waals surface area contributed by atoms with Crippen LogP contribution in [-0.2, 0) is 18.4 Å². The second-order valence-electron chi connectivity index (χ2n) is 7.76. The van der Waals surface area contributed by atoms with Gasteiger partial charge in [-0.15, -0.1) is 0 Å². The summed E-state index contributed by atoms with van der Waals surface area (Å²) in [6.07, 6.45) is 2.73. The van der Waals surface area contributed by atoms with Gasteiger partial charge in [-0.1, -0.05) is 18.2 Å². The van der Waals surface area contributed by atoms with Crippen molar-refractivity contribution in [2.75, 3.05) is 23.8 Å². The fourth-order valence-corrected chi connectivity index (χ4v) is 3.61. The number of aryl methyl sites for hydroxylation is 1. The van der Waals surface area contributed by atoms with Crippen LogP contribution in [0.25, 0.3) is 11.0 Å². The highest BCUT2D eigenvalue weighted by atomic mass is 16.5. The predicted molar refractivity (Wildman–Crippen MR) is 135 cm³/mol. The van der Waals surface area contributed by atoms with Gasteiger partial charge in [-0.25, -0.2) is 4.98 Å². The maximum atomic E-state index is 12.9. The summed E-state index contributed by atoms with van der Waals surface area (Å²) in [4.78, 5) is 42.5. The van der Waals surface area contributed by atoms with E-state index in [1.807, 2.05) is 13.0 Å². The fraction of sp³-hybridized carbons (Fsp3) is 0.240. The van der Waals surface area contributed by atoms with Crippen LogP contribution in [0.15, 0.2) is 59.8 Å². The molecule has 2 amide bonds. The third-order valence-electron chi connectivity index (χ3n) is 5.27. The van der Waals surface area contributed by atoms with Gasteiger partial charge in [0.15, 0.2) is 5.65 Å². The molecule has 2 aromatic heterocycles. The molecular formula is C25H26N6O5. The van der Waals surface area contributed by atoms with E-state index in [1.54, 1.807) is 50.4 Å². The number of rotatable bonds is 9. The Bertz CT molecular complexity index is 1460. The molecule has 186 valence electrons. The lowest BCUT2D eigenvalue weighted by atomic mass is 10.2. The van der Waals surface area contributed by atoms with Crippen LogP contribution in [0.5, 0.6) is 11.5 Å². The molecular weight excluding hydrogens is 464 g/mol. The van der Waals surface area contributed by atoms with Crippen LogP contribution in [-0.4, -0.2) is 44.4 Å². The third-order valence-corrected chi connectivity index (χ3v) is 5.27. The van der Waals surface area contributed by atoms with Gasteiger partial charge in [0.2, 0.25) is 5.91 Å². The number of aromatic nitrogens is 4. The Labute approximate surface area is 206 Å². The average molecular weight is 491 g/mol. The molecule has 11 heteroatoms. The number of hydrogen-bond donors (Lipinski definition) is 2. The van der Waals surface area contributed by atoms with Gasteiger partial charge in [-0.2, -0.15) is 5.10 Å². The molecule has 0 radical (unpaired) electrons. The number of nitrogens with one attached hydrogen (secondary N) is 2. The largest absolute Gasteiger partial charge is 0.492 e. The number of anilines is 2. The number of fused-ring (bicyclic) bond motifs is 1. The number of hydrogen-bond acceptors (Lipinski definition) is 7. The first-order valence-electron chi connectivity index (χ1n) is 11.4. The molecule has 0 bridgehead atoms. The molecule has 36 heavy (non-hydrogen) atoms. The van der Waals surface area contributed by atoms with Crippen molar-refractivity contribution in [3.8, 4) is 11.5 Å². The SMILES string of the molecule is CCOc1cc(NC(=O)c2ccccc2)c(OCC)cc1NC(=O)Cn1cnc2c(cnn2C)c1=O. The molecule has 0 unspecified atom stereocenters. The summed E-state index contributed by atoms with van der Waals surface area (Å²) in [6.45, 7) is 4.01. The molecule has 0 saturated carbocycles. The molecule has 2 aromatic carbocycles. The van der Waals surface area contributed by atoms with E-state index >= 15 is 0 Å². The van der Waals surface area contributed by atoms with Crippen LogP contribution in [0.4, 0.5) is 11.4 Å². The van der Waals surface area contributed by atoms with Gasteiger partial charge in [0.05, 0.1) is 30.8 Å². The summed E-state index contributed by atoms with van der Waals surface area (Å²) in [5, 5.41) is 9.96. The molecule has 0 aliphatic rings. The summed E-state index contributed by atoms with van der Waals surface area (Å²) in [5.41, 5.74) is 1.29. The lowest BCUT2D eigenvalue weighted by Gasteiger charge is -2.18. The van der Waals surface area contributed by atoms with Crippen LogP contribution < -0.4 is 25.7 Å². The van der Waals surface area contributed by atoms with E-state index in [0.29, 0.717) is 52.7 Å². The van der Waals surface area contributed by atoms with Crippen molar-refractivity contribution in [3.05, 3.63) is 70.9 Å². The van der Waals surface area contributed by atoms with E-state index in [0.717, 1.165) is 0 Å². The lowest BCUT2D eigenvalue weighted by molar-refractivity contribution is -0.116. The Morgan fingerprint density at radius 2 is 1.61 bits per heavy atom. The van der Waals surface area contributed by atoms with Crippen molar-refractivity contribution < 1.29 is 19.1 Å². The number of benzene rings is 2. The minimum absolute atomic E-state index is 0.265. The van der Waals surface area contributed by atoms with Crippen LogP contribution in [0, 0.1) is 0 Å². The zero-order chi connectivity index (χ0) is 25.7. The molecule has 0 spiro atoms. The number of ether oxygens (including phenoxy) is 2. The highest BCUT2D eigenvalue weighted by Crippen LogP contribution is 2.37. The highest BCUT2D eigenvalue weighted by molar-refractivity contribution is 6.05. The molecule has 0 saturated heterocycles. The molecule has 0 fully saturated rings. The van der Waals surface area contributed by atoms with Gasteiger partial charge in [0.1, 0.15) is 29.8 Å². The molecule has 4 rings (SSSR count). The number of carbonyl (C=O) groups excluding carboxylic acids is 2. The third kappa shape index (κ3) is 5.19. The standard InChI is InChI=1S/C25H26N6O5/c1-4-35-20-12-19(29-24(33)16-9-7-6-8-10-16)21(36-5-2)11-18(20)28-22(32)14-31-15-26-23-17(25(31)34)13-27-30(23)3/h6-13,15H,4-5,14H2,1-3H3,(H,28,32)(H,29,33). The fourth-order valence-electron chi connectivity index (χ4n) is 3.61. The van der Waals surface area contributed by atoms with Crippen molar-refractivity contribution in [2.45, 2.75) is 20.4 Å². The van der Waals surface area contributed by atoms with Crippen molar-refractivity contribution in [3.63, 3.8) is 0 Å². The van der Waals surface area contributed by atoms with Crippen LogP contribution >= 0.6 is 0 Å². The van der Waals surface area contributed by atoms with Gasteiger partial charge in [0.25, 0.3) is 11.5 Å². The molecule has 0 aliphatic carbocycles. The highest BCUT2D eigenvalue weighted by Gasteiger charge is 2.18. The molecule has 0 atom stereocenters. The van der Waals surface area contributed by atoms with Gasteiger partial charge in [-0.3, -0.25) is 23.6 Å². The van der Waals surface area contributed by atoms with Crippen LogP contribution in [0.3, 0.4) is 0 Å². The normalized spacial score (nSPS) is 10.8. The first kappa shape index (κ1) is 24.5. The van der Waals surface area contributed by atoms with Gasteiger partial charge in [-0.05, 0) is 26.0 Å². The molecule has 2 heterocycles. The summed E-state index contributed by atoms with van der Waals surface area (Å²) in [5.74, 6) is -0.0814. The van der Waals surface area contributed by atoms with E-state index in [9.17, 15) is 14.4 Å². The molecule has 2 N–H and O–H groups in total. The van der Waals surface area contributed by atoms with E-state index < -0.39 is 5.91 Å². The number of nitrogens with zero attached hydrogens (tertiary/aromatic N) is 4. The monoisotopic (exact) mass is 490 g/mol. The van der Waals surface area contributed by atoms with E-state index in [4.69, 9.17) is 9.47 Å². The Morgan fingerprint density at radius 1 is 0.972 bits per heavy atom. The molecule has 4 aromatic rings. The summed E-state index contributed by atoms with van der Waals surface area (Å²) in [7, 11) is 1.68. The Kier molecular flexibility index (Phi) is 7.28. The lowest BCUT2D eigenvalue weighted by Crippen LogP contribution is -2.28. The quantitative estimate of drug-likeness (QED) is 0.369. The maximum absolute atomic E-state index is 12.9. The number of carbonyl (C=O) groups is 2. The van der Waals surface area contributed by atoms with Gasteiger partial charge in [0, 0.05) is 24.7 Å². The Morgan fingerprint density at radius 3 is 2.25 bits per heavy atom. The summed E-state index contributed by atoms with van der Waals surface area (Å²) >= 11 is 0. The van der Waals surface area contributed by atoms with Crippen molar-refractivity contribution in [1.82, 2.24) is 19.3 Å². The van der Waals surface area contributed by atoms with E-state index in [1.165, 1.54) is 21.8 Å². The second-order valence-corrected chi connectivity index (χ2v) is 7.76. The number of amides is 2. The van der Waals surface area contributed by atoms with E-state index in [2.05, 4.69) is 20.7 Å². The smallest absolute Gasteiger partial charge is 0.264 e. The summed E-state index contributed by atoms with van der Waals surface area (Å²) < 4.78 is 14.1. The predicted octanol–water partition coefficient (Wildman–Crippen LogP) is 2.82. The van der Waals surface area contributed by atoms with E-state index in [-0.39, 0.29) is 18.0 Å². The summed E-state index contributed by atoms with van der Waals surface area (Å²) in [6, 6.07) is 12.0. The Balaban J connectivity index is 1.60. The first-order chi connectivity index (χ1) is 17.4. The second kappa shape index (κ2) is 10.7. The molecule has 0 aliphatic heterocycles. The van der Waals surface area contributed by atoms with Crippen molar-refractivity contribution >= 4 is 34.2 Å². The zero-order valence-corrected chi connectivity index (χ0v) is 20.1.